The molecule has 0 fully saturated rings. The highest BCUT2D eigenvalue weighted by molar-refractivity contribution is 7.14. The molecule has 0 radical (unpaired) electrons. The summed E-state index contributed by atoms with van der Waals surface area (Å²) in [6, 6.07) is 1.68. The molecular weight excluding hydrogens is 264 g/mol. The smallest absolute Gasteiger partial charge is 0.345 e. The van der Waals surface area contributed by atoms with Gasteiger partial charge in [-0.15, -0.1) is 11.3 Å². The van der Waals surface area contributed by atoms with Crippen LogP contribution in [0.3, 0.4) is 0 Å². The van der Waals surface area contributed by atoms with Gasteiger partial charge >= 0.3 is 5.97 Å². The van der Waals surface area contributed by atoms with E-state index in [4.69, 9.17) is 5.11 Å². The summed E-state index contributed by atoms with van der Waals surface area (Å²) in [4.78, 5) is 23.8. The highest BCUT2D eigenvalue weighted by atomic mass is 32.1. The third kappa shape index (κ3) is 4.04. The molecule has 1 aromatic heterocycles. The maximum absolute atomic E-state index is 11.6. The fraction of sp³-hybridized carbons (Fsp3) is 0.538. The molecule has 1 heterocycles. The Bertz CT molecular complexity index is 480. The fourth-order valence-corrected chi connectivity index (χ4v) is 2.61. The van der Waals surface area contributed by atoms with Crippen LogP contribution in [0.25, 0.3) is 0 Å². The van der Waals surface area contributed by atoms with E-state index in [1.807, 2.05) is 20.8 Å². The van der Waals surface area contributed by atoms with E-state index >= 15 is 0 Å². The summed E-state index contributed by atoms with van der Waals surface area (Å²) in [5, 5.41) is 14.8. The predicted octanol–water partition coefficient (Wildman–Crippen LogP) is 1.62. The number of nitrogens with one attached hydrogen (secondary N) is 2. The van der Waals surface area contributed by atoms with Gasteiger partial charge in [-0.25, -0.2) is 4.79 Å². The van der Waals surface area contributed by atoms with Crippen LogP contribution >= 0.6 is 11.3 Å². The second-order valence-corrected chi connectivity index (χ2v) is 6.32. The first-order valence-corrected chi connectivity index (χ1v) is 6.85. The zero-order valence-corrected chi connectivity index (χ0v) is 12.5. The topological polar surface area (TPSA) is 78.4 Å². The summed E-state index contributed by atoms with van der Waals surface area (Å²) in [6.07, 6.45) is 0. The Labute approximate surface area is 117 Å². The molecule has 0 saturated heterocycles. The van der Waals surface area contributed by atoms with E-state index in [0.29, 0.717) is 18.0 Å². The zero-order chi connectivity index (χ0) is 14.6. The maximum Gasteiger partial charge on any atom is 0.345 e. The molecule has 0 unspecified atom stereocenters. The van der Waals surface area contributed by atoms with Crippen molar-refractivity contribution in [3.63, 3.8) is 0 Å². The molecule has 5 nitrogen and oxygen atoms in total. The summed E-state index contributed by atoms with van der Waals surface area (Å²) < 4.78 is 0. The highest BCUT2D eigenvalue weighted by Crippen LogP contribution is 2.22. The fourth-order valence-electron chi connectivity index (χ4n) is 1.73. The lowest BCUT2D eigenvalue weighted by Crippen LogP contribution is -2.41. The van der Waals surface area contributed by atoms with Crippen LogP contribution in [0.4, 0.5) is 0 Å². The molecule has 0 bridgehead atoms. The van der Waals surface area contributed by atoms with Crippen molar-refractivity contribution in [2.75, 3.05) is 13.6 Å². The summed E-state index contributed by atoms with van der Waals surface area (Å²) in [7, 11) is 1.62. The lowest BCUT2D eigenvalue weighted by Gasteiger charge is -2.22. The van der Waals surface area contributed by atoms with Crippen molar-refractivity contribution in [1.82, 2.24) is 10.6 Å². The van der Waals surface area contributed by atoms with Gasteiger partial charge < -0.3 is 15.7 Å². The van der Waals surface area contributed by atoms with Crippen molar-refractivity contribution >= 4 is 23.2 Å². The van der Waals surface area contributed by atoms with Crippen LogP contribution in [-0.4, -0.2) is 30.6 Å². The largest absolute Gasteiger partial charge is 0.477 e. The van der Waals surface area contributed by atoms with Gasteiger partial charge in [0.05, 0.1) is 5.41 Å². The van der Waals surface area contributed by atoms with E-state index in [1.54, 1.807) is 13.1 Å². The van der Waals surface area contributed by atoms with Crippen LogP contribution in [0.1, 0.15) is 34.0 Å². The third-order valence-corrected chi connectivity index (χ3v) is 4.04. The standard InChI is InChI=1S/C13H20N2O3S/c1-8-9(5-10(19-8)11(16)17)6-15-7-13(2,3)12(18)14-4/h5,15H,6-7H2,1-4H3,(H,14,18)(H,16,17). The number of carboxylic acid groups (broad SMARTS) is 1. The SMILES string of the molecule is CNC(=O)C(C)(C)CNCc1cc(C(=O)O)sc1C. The monoisotopic (exact) mass is 284 g/mol. The van der Waals surface area contributed by atoms with Gasteiger partial charge in [0.25, 0.3) is 0 Å². The van der Waals surface area contributed by atoms with Crippen LogP contribution in [0.15, 0.2) is 6.07 Å². The van der Waals surface area contributed by atoms with E-state index < -0.39 is 11.4 Å². The predicted molar refractivity (Wildman–Crippen MR) is 75.6 cm³/mol. The number of carbonyl (C=O) groups excluding carboxylic acids is 1. The molecule has 0 atom stereocenters. The number of hydrogen-bond donors (Lipinski definition) is 3. The number of aryl methyl sites for hydroxylation is 1. The van der Waals surface area contributed by atoms with Gasteiger partial charge in [0.15, 0.2) is 0 Å². The molecule has 0 aliphatic carbocycles. The minimum atomic E-state index is -0.898. The molecular formula is C13H20N2O3S. The second kappa shape index (κ2) is 6.16. The van der Waals surface area contributed by atoms with Gasteiger partial charge in [-0.2, -0.15) is 0 Å². The molecule has 0 aliphatic heterocycles. The van der Waals surface area contributed by atoms with Gasteiger partial charge in [-0.1, -0.05) is 0 Å². The molecule has 3 N–H and O–H groups in total. The summed E-state index contributed by atoms with van der Waals surface area (Å²) >= 11 is 1.27. The van der Waals surface area contributed by atoms with Crippen LogP contribution < -0.4 is 10.6 Å². The van der Waals surface area contributed by atoms with Gasteiger partial charge in [-0.3, -0.25) is 4.79 Å². The average Bonchev–Trinajstić information content (AvgIpc) is 2.70. The Balaban J connectivity index is 2.58. The van der Waals surface area contributed by atoms with E-state index in [1.165, 1.54) is 11.3 Å². The molecule has 1 amide bonds. The molecule has 0 spiro atoms. The molecule has 106 valence electrons. The minimum Gasteiger partial charge on any atom is -0.477 e. The summed E-state index contributed by atoms with van der Waals surface area (Å²) in [5.41, 5.74) is 0.476. The molecule has 0 aliphatic rings. The Morgan fingerprint density at radius 2 is 2.05 bits per heavy atom. The summed E-state index contributed by atoms with van der Waals surface area (Å²) in [6.45, 7) is 6.72. The average molecular weight is 284 g/mol. The number of thiophene rings is 1. The van der Waals surface area contributed by atoms with Gasteiger partial charge in [0, 0.05) is 25.0 Å². The van der Waals surface area contributed by atoms with Crippen LogP contribution in [0.2, 0.25) is 0 Å². The van der Waals surface area contributed by atoms with E-state index in [2.05, 4.69) is 10.6 Å². The first-order chi connectivity index (χ1) is 8.77. The normalized spacial score (nSPS) is 11.4. The highest BCUT2D eigenvalue weighted by Gasteiger charge is 2.26. The Morgan fingerprint density at radius 1 is 1.42 bits per heavy atom. The number of carbonyl (C=O) groups is 2. The van der Waals surface area contributed by atoms with Gasteiger partial charge in [0.1, 0.15) is 4.88 Å². The number of rotatable bonds is 6. The van der Waals surface area contributed by atoms with Crippen molar-refractivity contribution in [3.05, 3.63) is 21.4 Å². The van der Waals surface area contributed by atoms with Crippen LogP contribution in [-0.2, 0) is 11.3 Å². The molecule has 19 heavy (non-hydrogen) atoms. The molecule has 0 aromatic carbocycles. The quantitative estimate of drug-likeness (QED) is 0.741. The Morgan fingerprint density at radius 3 is 2.53 bits per heavy atom. The number of aromatic carboxylic acids is 1. The van der Waals surface area contributed by atoms with Crippen LogP contribution in [0.5, 0.6) is 0 Å². The molecule has 1 rings (SSSR count). The number of amides is 1. The zero-order valence-electron chi connectivity index (χ0n) is 11.7. The lowest BCUT2D eigenvalue weighted by atomic mass is 9.92. The van der Waals surface area contributed by atoms with Crippen molar-refractivity contribution in [1.29, 1.82) is 0 Å². The molecule has 0 saturated carbocycles. The van der Waals surface area contributed by atoms with Crippen molar-refractivity contribution < 1.29 is 14.7 Å². The first kappa shape index (κ1) is 15.7. The maximum atomic E-state index is 11.6. The molecule has 6 heteroatoms. The van der Waals surface area contributed by atoms with Gasteiger partial charge in [0.2, 0.25) is 5.91 Å². The van der Waals surface area contributed by atoms with Crippen molar-refractivity contribution in [2.24, 2.45) is 5.41 Å². The van der Waals surface area contributed by atoms with E-state index in [9.17, 15) is 9.59 Å². The number of carboxylic acids is 1. The first-order valence-electron chi connectivity index (χ1n) is 6.03. The third-order valence-electron chi connectivity index (χ3n) is 2.96. The lowest BCUT2D eigenvalue weighted by molar-refractivity contribution is -0.128. The van der Waals surface area contributed by atoms with Crippen LogP contribution in [0, 0.1) is 12.3 Å². The van der Waals surface area contributed by atoms with Crippen molar-refractivity contribution in [2.45, 2.75) is 27.3 Å². The van der Waals surface area contributed by atoms with E-state index in [0.717, 1.165) is 10.4 Å². The Kier molecular flexibility index (Phi) is 5.08. The van der Waals surface area contributed by atoms with Gasteiger partial charge in [-0.05, 0) is 32.4 Å². The second-order valence-electron chi connectivity index (χ2n) is 5.06. The molecule has 1 aromatic rings. The Hall–Kier alpha value is -1.40. The van der Waals surface area contributed by atoms with E-state index in [-0.39, 0.29) is 5.91 Å². The minimum absolute atomic E-state index is 0.0201. The number of hydrogen-bond acceptors (Lipinski definition) is 4. The summed E-state index contributed by atoms with van der Waals surface area (Å²) in [5.74, 6) is -0.918. The van der Waals surface area contributed by atoms with Crippen molar-refractivity contribution in [3.8, 4) is 0 Å².